The zero-order valence-electron chi connectivity index (χ0n) is 11.0. The van der Waals surface area contributed by atoms with Gasteiger partial charge >= 0.3 is 0 Å². The van der Waals surface area contributed by atoms with Crippen molar-refractivity contribution in [2.24, 2.45) is 0 Å². The Morgan fingerprint density at radius 1 is 1.19 bits per heavy atom. The minimum atomic E-state index is -0.186. The SMILES string of the molecule is COc1ccc(C(=O)COc2c(Cl)cccc2Cl)cc1Br. The van der Waals surface area contributed by atoms with Crippen molar-refractivity contribution >= 4 is 44.9 Å². The first-order chi connectivity index (χ1) is 10.0. The van der Waals surface area contributed by atoms with Gasteiger partial charge in [0.05, 0.1) is 21.6 Å². The van der Waals surface area contributed by atoms with E-state index in [1.165, 1.54) is 0 Å². The van der Waals surface area contributed by atoms with Gasteiger partial charge in [-0.15, -0.1) is 0 Å². The third-order valence-electron chi connectivity index (χ3n) is 2.74. The molecule has 0 unspecified atom stereocenters. The van der Waals surface area contributed by atoms with E-state index < -0.39 is 0 Å². The number of ether oxygens (including phenoxy) is 2. The van der Waals surface area contributed by atoms with Crippen molar-refractivity contribution in [1.29, 1.82) is 0 Å². The summed E-state index contributed by atoms with van der Waals surface area (Å²) in [5.41, 5.74) is 0.505. The highest BCUT2D eigenvalue weighted by Crippen LogP contribution is 2.32. The van der Waals surface area contributed by atoms with E-state index in [1.807, 2.05) is 0 Å². The summed E-state index contributed by atoms with van der Waals surface area (Å²) in [4.78, 5) is 12.1. The van der Waals surface area contributed by atoms with Gasteiger partial charge in [0.25, 0.3) is 0 Å². The van der Waals surface area contributed by atoms with E-state index in [0.29, 0.717) is 31.6 Å². The molecule has 110 valence electrons. The first-order valence-electron chi connectivity index (χ1n) is 5.96. The van der Waals surface area contributed by atoms with Gasteiger partial charge in [0.15, 0.2) is 18.1 Å². The van der Waals surface area contributed by atoms with Gasteiger partial charge in [0.2, 0.25) is 0 Å². The van der Waals surface area contributed by atoms with Crippen LogP contribution in [0.2, 0.25) is 10.0 Å². The monoisotopic (exact) mass is 388 g/mol. The molecule has 0 amide bonds. The fourth-order valence-corrected chi connectivity index (χ4v) is 2.73. The van der Waals surface area contributed by atoms with Crippen molar-refractivity contribution in [1.82, 2.24) is 0 Å². The Hall–Kier alpha value is -1.23. The van der Waals surface area contributed by atoms with Gasteiger partial charge in [0.1, 0.15) is 5.75 Å². The zero-order chi connectivity index (χ0) is 15.4. The second kappa shape index (κ2) is 7.16. The molecule has 0 aliphatic carbocycles. The van der Waals surface area contributed by atoms with Crippen LogP contribution < -0.4 is 9.47 Å². The maximum Gasteiger partial charge on any atom is 0.200 e. The van der Waals surface area contributed by atoms with Crippen LogP contribution in [0.15, 0.2) is 40.9 Å². The van der Waals surface area contributed by atoms with Crippen LogP contribution in [0, 0.1) is 0 Å². The summed E-state index contributed by atoms with van der Waals surface area (Å²) in [6.45, 7) is -0.151. The molecule has 0 aliphatic heterocycles. The Labute approximate surface area is 140 Å². The lowest BCUT2D eigenvalue weighted by molar-refractivity contribution is 0.0921. The largest absolute Gasteiger partial charge is 0.496 e. The summed E-state index contributed by atoms with van der Waals surface area (Å²) in [5, 5.41) is 0.734. The van der Waals surface area contributed by atoms with E-state index in [2.05, 4.69) is 15.9 Å². The average Bonchev–Trinajstić information content (AvgIpc) is 2.46. The van der Waals surface area contributed by atoms with E-state index in [-0.39, 0.29) is 12.4 Å². The molecule has 0 N–H and O–H groups in total. The molecule has 0 aromatic heterocycles. The van der Waals surface area contributed by atoms with Crippen molar-refractivity contribution in [3.63, 3.8) is 0 Å². The summed E-state index contributed by atoms with van der Waals surface area (Å²) in [7, 11) is 1.56. The number of para-hydroxylation sites is 1. The molecule has 3 nitrogen and oxygen atoms in total. The molecule has 6 heteroatoms. The zero-order valence-corrected chi connectivity index (χ0v) is 14.1. The fraction of sp³-hybridized carbons (Fsp3) is 0.133. The van der Waals surface area contributed by atoms with Crippen LogP contribution in [0.5, 0.6) is 11.5 Å². The van der Waals surface area contributed by atoms with Crippen LogP contribution in [0.1, 0.15) is 10.4 Å². The van der Waals surface area contributed by atoms with Crippen molar-refractivity contribution in [3.05, 3.63) is 56.5 Å². The number of hydrogen-bond donors (Lipinski definition) is 0. The lowest BCUT2D eigenvalue weighted by Gasteiger charge is -2.10. The molecular formula is C15H11BrCl2O3. The molecule has 0 heterocycles. The first kappa shape index (κ1) is 16.1. The smallest absolute Gasteiger partial charge is 0.200 e. The van der Waals surface area contributed by atoms with Gasteiger partial charge in [-0.3, -0.25) is 4.79 Å². The standard InChI is InChI=1S/C15H11BrCl2O3/c1-20-14-6-5-9(7-10(14)16)13(19)8-21-15-11(17)3-2-4-12(15)18/h2-7H,8H2,1H3. The average molecular weight is 390 g/mol. The van der Waals surface area contributed by atoms with Crippen LogP contribution in [0.25, 0.3) is 0 Å². The number of Topliss-reactive ketones (excluding diaryl/α,β-unsaturated/α-hetero) is 1. The third-order valence-corrected chi connectivity index (χ3v) is 3.96. The Morgan fingerprint density at radius 2 is 1.86 bits per heavy atom. The van der Waals surface area contributed by atoms with E-state index >= 15 is 0 Å². The van der Waals surface area contributed by atoms with Crippen LogP contribution >= 0.6 is 39.1 Å². The topological polar surface area (TPSA) is 35.5 Å². The quantitative estimate of drug-likeness (QED) is 0.673. The fourth-order valence-electron chi connectivity index (χ4n) is 1.68. The van der Waals surface area contributed by atoms with Gasteiger partial charge in [-0.2, -0.15) is 0 Å². The van der Waals surface area contributed by atoms with Crippen molar-refractivity contribution in [2.45, 2.75) is 0 Å². The Bertz CT molecular complexity index is 654. The van der Waals surface area contributed by atoms with Gasteiger partial charge in [-0.25, -0.2) is 0 Å². The van der Waals surface area contributed by atoms with Crippen molar-refractivity contribution in [3.8, 4) is 11.5 Å². The number of methoxy groups -OCH3 is 1. The molecule has 0 bridgehead atoms. The molecule has 0 aliphatic rings. The third kappa shape index (κ3) is 3.90. The minimum absolute atomic E-state index is 0.151. The first-order valence-corrected chi connectivity index (χ1v) is 7.51. The molecule has 0 saturated carbocycles. The van der Waals surface area contributed by atoms with E-state index in [9.17, 15) is 4.79 Å². The predicted octanol–water partition coefficient (Wildman–Crippen LogP) is 5.03. The van der Waals surface area contributed by atoms with Crippen LogP contribution in [0.4, 0.5) is 0 Å². The highest BCUT2D eigenvalue weighted by molar-refractivity contribution is 9.10. The Morgan fingerprint density at radius 3 is 2.43 bits per heavy atom. The summed E-state index contributed by atoms with van der Waals surface area (Å²) in [6.07, 6.45) is 0. The van der Waals surface area contributed by atoms with Crippen LogP contribution in [-0.2, 0) is 0 Å². The predicted molar refractivity (Wildman–Crippen MR) is 87.0 cm³/mol. The summed E-state index contributed by atoms with van der Waals surface area (Å²) in [6, 6.07) is 10.1. The van der Waals surface area contributed by atoms with Gasteiger partial charge in [0, 0.05) is 5.56 Å². The number of benzene rings is 2. The summed E-state index contributed by atoms with van der Waals surface area (Å²) in [5.74, 6) is 0.776. The van der Waals surface area contributed by atoms with E-state index in [4.69, 9.17) is 32.7 Å². The minimum Gasteiger partial charge on any atom is -0.496 e. The maximum atomic E-state index is 12.1. The number of carbonyl (C=O) groups is 1. The molecule has 0 spiro atoms. The van der Waals surface area contributed by atoms with Crippen molar-refractivity contribution in [2.75, 3.05) is 13.7 Å². The van der Waals surface area contributed by atoms with E-state index in [1.54, 1.807) is 43.5 Å². The molecule has 2 rings (SSSR count). The Balaban J connectivity index is 2.10. The number of ketones is 1. The van der Waals surface area contributed by atoms with Gasteiger partial charge < -0.3 is 9.47 Å². The maximum absolute atomic E-state index is 12.1. The number of carbonyl (C=O) groups excluding carboxylic acids is 1. The summed E-state index contributed by atoms with van der Waals surface area (Å²) < 4.78 is 11.2. The number of rotatable bonds is 5. The molecule has 0 fully saturated rings. The van der Waals surface area contributed by atoms with Gasteiger partial charge in [-0.1, -0.05) is 29.3 Å². The molecule has 0 atom stereocenters. The van der Waals surface area contributed by atoms with Crippen molar-refractivity contribution < 1.29 is 14.3 Å². The lowest BCUT2D eigenvalue weighted by atomic mass is 10.1. The molecule has 2 aromatic carbocycles. The molecule has 2 aromatic rings. The highest BCUT2D eigenvalue weighted by atomic mass is 79.9. The van der Waals surface area contributed by atoms with Gasteiger partial charge in [-0.05, 0) is 46.3 Å². The molecule has 0 saturated heterocycles. The summed E-state index contributed by atoms with van der Waals surface area (Å²) >= 11 is 15.3. The van der Waals surface area contributed by atoms with Crippen LogP contribution in [0.3, 0.4) is 0 Å². The Kier molecular flexibility index (Phi) is 5.51. The highest BCUT2D eigenvalue weighted by Gasteiger charge is 2.12. The van der Waals surface area contributed by atoms with Crippen LogP contribution in [-0.4, -0.2) is 19.5 Å². The second-order valence-electron chi connectivity index (χ2n) is 4.11. The molecular weight excluding hydrogens is 379 g/mol. The van der Waals surface area contributed by atoms with E-state index in [0.717, 1.165) is 0 Å². The number of halogens is 3. The number of hydrogen-bond acceptors (Lipinski definition) is 3. The molecule has 21 heavy (non-hydrogen) atoms. The second-order valence-corrected chi connectivity index (χ2v) is 5.78. The lowest BCUT2D eigenvalue weighted by Crippen LogP contribution is -2.12. The normalized spacial score (nSPS) is 10.3. The molecule has 0 radical (unpaired) electrons.